The fraction of sp³-hybridized carbons (Fsp3) is 0.444. The first-order chi connectivity index (χ1) is 16.8. The summed E-state index contributed by atoms with van der Waals surface area (Å²) in [5.74, 6) is 1.20. The number of nitrogens with one attached hydrogen (secondary N) is 1. The average molecular weight is 461 g/mol. The minimum absolute atomic E-state index is 0.106. The number of benzene rings is 1. The highest BCUT2D eigenvalue weighted by Crippen LogP contribution is 2.36. The van der Waals surface area contributed by atoms with E-state index in [1.807, 2.05) is 11.0 Å². The lowest BCUT2D eigenvalue weighted by molar-refractivity contribution is -0.0214. The maximum atomic E-state index is 13.1. The van der Waals surface area contributed by atoms with E-state index in [4.69, 9.17) is 9.47 Å². The van der Waals surface area contributed by atoms with Gasteiger partial charge in [-0.2, -0.15) is 5.10 Å². The maximum Gasteiger partial charge on any atom is 0.415 e. The Hall–Kier alpha value is -3.19. The Morgan fingerprint density at radius 2 is 1.85 bits per heavy atom. The van der Waals surface area contributed by atoms with Crippen molar-refractivity contribution in [2.24, 2.45) is 0 Å². The minimum Gasteiger partial charge on any atom is -0.409 e. The SMILES string of the molecule is O=C(Oc1cccnc1)N1CCC[C@H](c2ccn[nH]2)[C@@H]1COC1CCC(c2ccccc2)CC1. The molecule has 3 heterocycles. The summed E-state index contributed by atoms with van der Waals surface area (Å²) in [5.41, 5.74) is 2.47. The number of piperidine rings is 1. The number of hydrogen-bond donors (Lipinski definition) is 1. The van der Waals surface area contributed by atoms with Gasteiger partial charge in [-0.05, 0) is 68.2 Å². The van der Waals surface area contributed by atoms with Crippen LogP contribution in [0.4, 0.5) is 4.79 Å². The molecule has 178 valence electrons. The van der Waals surface area contributed by atoms with E-state index in [-0.39, 0.29) is 24.2 Å². The molecule has 0 bridgehead atoms. The van der Waals surface area contributed by atoms with E-state index in [1.165, 1.54) is 5.56 Å². The molecule has 1 amide bonds. The van der Waals surface area contributed by atoms with Gasteiger partial charge in [0, 0.05) is 30.6 Å². The second-order valence-electron chi connectivity index (χ2n) is 9.30. The molecule has 7 heteroatoms. The molecule has 2 aromatic heterocycles. The maximum absolute atomic E-state index is 13.1. The number of nitrogens with zero attached hydrogens (tertiary/aromatic N) is 3. The summed E-state index contributed by atoms with van der Waals surface area (Å²) in [5, 5.41) is 7.26. The van der Waals surface area contributed by atoms with Crippen LogP contribution in [0.5, 0.6) is 5.75 Å². The van der Waals surface area contributed by atoms with Crippen molar-refractivity contribution in [1.82, 2.24) is 20.1 Å². The molecule has 1 aromatic carbocycles. The van der Waals surface area contributed by atoms with Crippen molar-refractivity contribution >= 4 is 6.09 Å². The van der Waals surface area contributed by atoms with Gasteiger partial charge >= 0.3 is 6.09 Å². The lowest BCUT2D eigenvalue weighted by Crippen LogP contribution is -2.51. The molecular weight excluding hydrogens is 428 g/mol. The van der Waals surface area contributed by atoms with Crippen molar-refractivity contribution in [1.29, 1.82) is 0 Å². The smallest absolute Gasteiger partial charge is 0.409 e. The lowest BCUT2D eigenvalue weighted by atomic mass is 9.82. The van der Waals surface area contributed by atoms with Crippen LogP contribution in [-0.2, 0) is 4.74 Å². The monoisotopic (exact) mass is 460 g/mol. The number of H-pyrrole nitrogens is 1. The zero-order valence-electron chi connectivity index (χ0n) is 19.4. The molecule has 1 saturated carbocycles. The van der Waals surface area contributed by atoms with Gasteiger partial charge in [0.2, 0.25) is 0 Å². The summed E-state index contributed by atoms with van der Waals surface area (Å²) in [6.07, 6.45) is 11.1. The van der Waals surface area contributed by atoms with Crippen molar-refractivity contribution in [3.8, 4) is 5.75 Å². The largest absolute Gasteiger partial charge is 0.415 e. The number of aromatic nitrogens is 3. The summed E-state index contributed by atoms with van der Waals surface area (Å²) < 4.78 is 12.1. The highest BCUT2D eigenvalue weighted by atomic mass is 16.6. The van der Waals surface area contributed by atoms with Crippen molar-refractivity contribution in [3.05, 3.63) is 78.4 Å². The summed E-state index contributed by atoms with van der Waals surface area (Å²) in [4.78, 5) is 19.0. The highest BCUT2D eigenvalue weighted by Gasteiger charge is 2.38. The van der Waals surface area contributed by atoms with Crippen LogP contribution in [-0.4, -0.2) is 51.5 Å². The zero-order chi connectivity index (χ0) is 23.2. The second-order valence-corrected chi connectivity index (χ2v) is 9.30. The van der Waals surface area contributed by atoms with Gasteiger partial charge in [0.15, 0.2) is 5.75 Å². The first-order valence-corrected chi connectivity index (χ1v) is 12.3. The summed E-state index contributed by atoms with van der Waals surface area (Å²) >= 11 is 0. The molecule has 7 nitrogen and oxygen atoms in total. The molecule has 2 fully saturated rings. The predicted octanol–water partition coefficient (Wildman–Crippen LogP) is 5.29. The molecule has 3 aromatic rings. The van der Waals surface area contributed by atoms with E-state index in [0.717, 1.165) is 44.2 Å². The molecule has 0 unspecified atom stereocenters. The third-order valence-electron chi connectivity index (χ3n) is 7.22. The Morgan fingerprint density at radius 1 is 1.00 bits per heavy atom. The average Bonchev–Trinajstić information content (AvgIpc) is 3.44. The Morgan fingerprint density at radius 3 is 2.59 bits per heavy atom. The number of aromatic amines is 1. The van der Waals surface area contributed by atoms with Crippen molar-refractivity contribution in [2.75, 3.05) is 13.2 Å². The molecule has 2 aliphatic rings. The van der Waals surface area contributed by atoms with Crippen LogP contribution < -0.4 is 4.74 Å². The number of carbonyl (C=O) groups is 1. The van der Waals surface area contributed by atoms with Gasteiger partial charge in [0.05, 0.1) is 24.9 Å². The third kappa shape index (κ3) is 5.30. The number of likely N-dealkylation sites (tertiary alicyclic amines) is 1. The number of ether oxygens (including phenoxy) is 2. The minimum atomic E-state index is -0.349. The molecule has 0 spiro atoms. The van der Waals surface area contributed by atoms with Crippen LogP contribution in [0.3, 0.4) is 0 Å². The molecule has 1 aliphatic carbocycles. The molecule has 5 rings (SSSR count). The first-order valence-electron chi connectivity index (χ1n) is 12.3. The van der Waals surface area contributed by atoms with Crippen LogP contribution in [0.1, 0.15) is 61.6 Å². The van der Waals surface area contributed by atoms with Gasteiger partial charge in [0.25, 0.3) is 0 Å². The van der Waals surface area contributed by atoms with Crippen molar-refractivity contribution in [2.45, 2.75) is 62.5 Å². The molecule has 34 heavy (non-hydrogen) atoms. The number of amides is 1. The Bertz CT molecular complexity index is 1020. The lowest BCUT2D eigenvalue weighted by Gasteiger charge is -2.41. The van der Waals surface area contributed by atoms with Crippen molar-refractivity contribution in [3.63, 3.8) is 0 Å². The summed E-state index contributed by atoms with van der Waals surface area (Å²) in [6.45, 7) is 1.14. The molecule has 0 radical (unpaired) electrons. The number of hydrogen-bond acceptors (Lipinski definition) is 5. The van der Waals surface area contributed by atoms with Gasteiger partial charge in [-0.25, -0.2) is 4.79 Å². The highest BCUT2D eigenvalue weighted by molar-refractivity contribution is 5.71. The fourth-order valence-corrected chi connectivity index (χ4v) is 5.42. The summed E-state index contributed by atoms with van der Waals surface area (Å²) in [6, 6.07) is 16.2. The Labute approximate surface area is 200 Å². The van der Waals surface area contributed by atoms with E-state index in [9.17, 15) is 4.79 Å². The zero-order valence-corrected chi connectivity index (χ0v) is 19.4. The van der Waals surface area contributed by atoms with Crippen LogP contribution in [0.2, 0.25) is 0 Å². The van der Waals surface area contributed by atoms with Gasteiger partial charge < -0.3 is 14.4 Å². The third-order valence-corrected chi connectivity index (χ3v) is 7.22. The number of carbonyl (C=O) groups excluding carboxylic acids is 1. The Kier molecular flexibility index (Phi) is 7.19. The van der Waals surface area contributed by atoms with Crippen LogP contribution in [0.25, 0.3) is 0 Å². The van der Waals surface area contributed by atoms with Crippen molar-refractivity contribution < 1.29 is 14.3 Å². The van der Waals surface area contributed by atoms with Gasteiger partial charge in [-0.15, -0.1) is 0 Å². The van der Waals surface area contributed by atoms with Gasteiger partial charge in [0.1, 0.15) is 0 Å². The van der Waals surface area contributed by atoms with E-state index in [2.05, 4.69) is 45.5 Å². The Balaban J connectivity index is 1.24. The standard InChI is InChI=1S/C27H32N4O3/c32-27(34-23-8-4-15-28-18-23)31-17-5-9-24(25-14-16-29-30-25)26(31)19-33-22-12-10-21(11-13-22)20-6-2-1-3-7-20/h1-4,6-8,14-16,18,21-22,24,26H,5,9-13,17,19H2,(H,29,30)/t21?,22?,24-,26+/m1/s1. The van der Waals surface area contributed by atoms with E-state index in [1.54, 1.807) is 30.7 Å². The van der Waals surface area contributed by atoms with E-state index < -0.39 is 0 Å². The molecule has 1 saturated heterocycles. The second kappa shape index (κ2) is 10.8. The topological polar surface area (TPSA) is 80.3 Å². The number of pyridine rings is 1. The number of rotatable bonds is 6. The van der Waals surface area contributed by atoms with Gasteiger partial charge in [-0.3, -0.25) is 10.1 Å². The molecule has 1 aliphatic heterocycles. The quantitative estimate of drug-likeness (QED) is 0.540. The summed E-state index contributed by atoms with van der Waals surface area (Å²) in [7, 11) is 0. The van der Waals surface area contributed by atoms with Crippen LogP contribution in [0.15, 0.2) is 67.1 Å². The van der Waals surface area contributed by atoms with Crippen LogP contribution >= 0.6 is 0 Å². The molecular formula is C27H32N4O3. The first kappa shape index (κ1) is 22.6. The molecule has 1 N–H and O–H groups in total. The van der Waals surface area contributed by atoms with Crippen LogP contribution in [0, 0.1) is 0 Å². The molecule has 2 atom stereocenters. The predicted molar refractivity (Wildman–Crippen MR) is 129 cm³/mol. The van der Waals surface area contributed by atoms with E-state index in [0.29, 0.717) is 24.8 Å². The van der Waals surface area contributed by atoms with Gasteiger partial charge in [-0.1, -0.05) is 30.3 Å². The van der Waals surface area contributed by atoms with E-state index >= 15 is 0 Å². The normalized spacial score (nSPS) is 25.1. The fourth-order valence-electron chi connectivity index (χ4n) is 5.42.